The van der Waals surface area contributed by atoms with Crippen molar-refractivity contribution in [3.05, 3.63) is 11.6 Å². The zero-order chi connectivity index (χ0) is 12.9. The predicted molar refractivity (Wildman–Crippen MR) is 63.6 cm³/mol. The summed E-state index contributed by atoms with van der Waals surface area (Å²) >= 11 is 0. The topological polar surface area (TPSA) is 52.6 Å². The molecular weight excluding hydrogens is 220 g/mol. The highest BCUT2D eigenvalue weighted by molar-refractivity contribution is 5.98. The third kappa shape index (κ3) is 4.79. The average Bonchev–Trinajstić information content (AvgIpc) is 2.63. The summed E-state index contributed by atoms with van der Waals surface area (Å²) < 4.78 is 10.9. The van der Waals surface area contributed by atoms with Gasteiger partial charge in [0.2, 0.25) is 0 Å². The standard InChI is InChI=1S/C13H20O4/c1-10(14)9-12(11(2)15)5-4-6-13(3)16-7-8-17-13/h5H,4,6-9H2,1-3H3/b12-5-. The number of rotatable bonds is 6. The summed E-state index contributed by atoms with van der Waals surface area (Å²) in [6.07, 6.45) is 3.41. The molecule has 0 amide bonds. The fraction of sp³-hybridized carbons (Fsp3) is 0.692. The Balaban J connectivity index is 2.48. The fourth-order valence-corrected chi connectivity index (χ4v) is 1.82. The Morgan fingerprint density at radius 3 is 2.29 bits per heavy atom. The Morgan fingerprint density at radius 2 is 1.82 bits per heavy atom. The molecule has 0 bridgehead atoms. The molecule has 96 valence electrons. The van der Waals surface area contributed by atoms with Crippen molar-refractivity contribution in [3.8, 4) is 0 Å². The van der Waals surface area contributed by atoms with E-state index < -0.39 is 5.79 Å². The van der Waals surface area contributed by atoms with Crippen LogP contribution in [0.5, 0.6) is 0 Å². The summed E-state index contributed by atoms with van der Waals surface area (Å²) in [7, 11) is 0. The van der Waals surface area contributed by atoms with E-state index in [0.29, 0.717) is 31.6 Å². The van der Waals surface area contributed by atoms with E-state index in [1.54, 1.807) is 0 Å². The summed E-state index contributed by atoms with van der Waals surface area (Å²) in [6, 6.07) is 0. The molecule has 1 aliphatic heterocycles. The molecule has 1 rings (SSSR count). The molecule has 0 aromatic carbocycles. The van der Waals surface area contributed by atoms with Gasteiger partial charge in [0.05, 0.1) is 13.2 Å². The molecule has 17 heavy (non-hydrogen) atoms. The maximum Gasteiger partial charge on any atom is 0.166 e. The second-order valence-electron chi connectivity index (χ2n) is 4.53. The predicted octanol–water partition coefficient (Wildman–Crippen LogP) is 2.02. The number of hydrogen-bond donors (Lipinski definition) is 0. The first-order chi connectivity index (χ1) is 7.93. The van der Waals surface area contributed by atoms with Crippen LogP contribution in [0.25, 0.3) is 0 Å². The van der Waals surface area contributed by atoms with Gasteiger partial charge in [-0.3, -0.25) is 9.59 Å². The second-order valence-corrected chi connectivity index (χ2v) is 4.53. The van der Waals surface area contributed by atoms with Gasteiger partial charge in [-0.2, -0.15) is 0 Å². The first-order valence-corrected chi connectivity index (χ1v) is 5.90. The maximum absolute atomic E-state index is 11.3. The van der Waals surface area contributed by atoms with Gasteiger partial charge in [0.25, 0.3) is 0 Å². The van der Waals surface area contributed by atoms with Crippen LogP contribution in [0.1, 0.15) is 40.0 Å². The Kier molecular flexibility index (Phi) is 5.02. The summed E-state index contributed by atoms with van der Waals surface area (Å²) in [4.78, 5) is 22.3. The van der Waals surface area contributed by atoms with Crippen LogP contribution in [0.2, 0.25) is 0 Å². The smallest absolute Gasteiger partial charge is 0.166 e. The molecule has 0 N–H and O–H groups in total. The van der Waals surface area contributed by atoms with Crippen molar-refractivity contribution < 1.29 is 19.1 Å². The van der Waals surface area contributed by atoms with Crippen molar-refractivity contribution in [2.75, 3.05) is 13.2 Å². The fourth-order valence-electron chi connectivity index (χ4n) is 1.82. The number of ketones is 2. The normalized spacial score (nSPS) is 19.4. The number of Topliss-reactive ketones (excluding diaryl/α,β-unsaturated/α-hetero) is 2. The van der Waals surface area contributed by atoms with Crippen molar-refractivity contribution in [2.24, 2.45) is 0 Å². The Bertz CT molecular complexity index is 324. The molecule has 1 heterocycles. The summed E-state index contributed by atoms with van der Waals surface area (Å²) in [5, 5.41) is 0. The van der Waals surface area contributed by atoms with E-state index in [4.69, 9.17) is 9.47 Å². The molecule has 1 aliphatic rings. The van der Waals surface area contributed by atoms with Crippen molar-refractivity contribution >= 4 is 11.6 Å². The first kappa shape index (κ1) is 14.1. The number of allylic oxidation sites excluding steroid dienone is 2. The SMILES string of the molecule is CC(=O)C/C(=C/CCC1(C)OCCO1)C(C)=O. The van der Waals surface area contributed by atoms with E-state index in [0.717, 1.165) is 0 Å². The molecule has 4 nitrogen and oxygen atoms in total. The third-order valence-electron chi connectivity index (χ3n) is 2.78. The van der Waals surface area contributed by atoms with Gasteiger partial charge in [0.1, 0.15) is 5.78 Å². The number of ether oxygens (including phenoxy) is 2. The monoisotopic (exact) mass is 240 g/mol. The molecule has 0 atom stereocenters. The maximum atomic E-state index is 11.3. The van der Waals surface area contributed by atoms with Crippen LogP contribution in [0.3, 0.4) is 0 Å². The van der Waals surface area contributed by atoms with Crippen molar-refractivity contribution in [2.45, 2.75) is 45.8 Å². The van der Waals surface area contributed by atoms with Gasteiger partial charge in [-0.15, -0.1) is 0 Å². The third-order valence-corrected chi connectivity index (χ3v) is 2.78. The average molecular weight is 240 g/mol. The molecule has 0 saturated carbocycles. The van der Waals surface area contributed by atoms with E-state index in [9.17, 15) is 9.59 Å². The highest BCUT2D eigenvalue weighted by atomic mass is 16.7. The molecule has 0 spiro atoms. The molecule has 0 aromatic rings. The van der Waals surface area contributed by atoms with Gasteiger partial charge in [0, 0.05) is 12.8 Å². The van der Waals surface area contributed by atoms with Crippen molar-refractivity contribution in [3.63, 3.8) is 0 Å². The molecule has 0 aliphatic carbocycles. The molecule has 0 radical (unpaired) electrons. The molecule has 0 unspecified atom stereocenters. The largest absolute Gasteiger partial charge is 0.348 e. The van der Waals surface area contributed by atoms with E-state index in [2.05, 4.69) is 0 Å². The van der Waals surface area contributed by atoms with Crippen LogP contribution >= 0.6 is 0 Å². The Hall–Kier alpha value is -1.00. The summed E-state index contributed by atoms with van der Waals surface area (Å²) in [6.45, 7) is 6.10. The highest BCUT2D eigenvalue weighted by Gasteiger charge is 2.29. The Morgan fingerprint density at radius 1 is 1.24 bits per heavy atom. The lowest BCUT2D eigenvalue weighted by Crippen LogP contribution is -2.24. The molecule has 1 saturated heterocycles. The van der Waals surface area contributed by atoms with Crippen LogP contribution < -0.4 is 0 Å². The quantitative estimate of drug-likeness (QED) is 0.666. The van der Waals surface area contributed by atoms with E-state index >= 15 is 0 Å². The number of carbonyl (C=O) groups excluding carboxylic acids is 2. The summed E-state index contributed by atoms with van der Waals surface area (Å²) in [5.41, 5.74) is 0.582. The lowest BCUT2D eigenvalue weighted by molar-refractivity contribution is -0.145. The number of carbonyl (C=O) groups is 2. The first-order valence-electron chi connectivity index (χ1n) is 5.90. The van der Waals surface area contributed by atoms with E-state index in [1.165, 1.54) is 13.8 Å². The van der Waals surface area contributed by atoms with Gasteiger partial charge in [-0.1, -0.05) is 6.08 Å². The van der Waals surface area contributed by atoms with Gasteiger partial charge in [-0.25, -0.2) is 0 Å². The zero-order valence-electron chi connectivity index (χ0n) is 10.7. The Labute approximate surface area is 102 Å². The zero-order valence-corrected chi connectivity index (χ0v) is 10.7. The minimum Gasteiger partial charge on any atom is -0.348 e. The van der Waals surface area contributed by atoms with Gasteiger partial charge >= 0.3 is 0 Å². The van der Waals surface area contributed by atoms with Crippen LogP contribution in [0, 0.1) is 0 Å². The lowest BCUT2D eigenvalue weighted by Gasteiger charge is -2.21. The highest BCUT2D eigenvalue weighted by Crippen LogP contribution is 2.24. The van der Waals surface area contributed by atoms with Crippen LogP contribution in [0.15, 0.2) is 11.6 Å². The van der Waals surface area contributed by atoms with Crippen LogP contribution in [-0.2, 0) is 19.1 Å². The minimum atomic E-state index is -0.533. The molecule has 1 fully saturated rings. The molecular formula is C13H20O4. The van der Waals surface area contributed by atoms with Crippen LogP contribution in [-0.4, -0.2) is 30.6 Å². The van der Waals surface area contributed by atoms with Crippen molar-refractivity contribution in [1.29, 1.82) is 0 Å². The van der Waals surface area contributed by atoms with Gasteiger partial charge in [0.15, 0.2) is 11.6 Å². The van der Waals surface area contributed by atoms with E-state index in [1.807, 2.05) is 13.0 Å². The van der Waals surface area contributed by atoms with Crippen molar-refractivity contribution in [1.82, 2.24) is 0 Å². The second kappa shape index (κ2) is 6.07. The van der Waals surface area contributed by atoms with Gasteiger partial charge < -0.3 is 9.47 Å². The van der Waals surface area contributed by atoms with E-state index in [-0.39, 0.29) is 18.0 Å². The molecule has 0 aromatic heterocycles. The lowest BCUT2D eigenvalue weighted by atomic mass is 10.0. The molecule has 4 heteroatoms. The number of hydrogen-bond acceptors (Lipinski definition) is 4. The summed E-state index contributed by atoms with van der Waals surface area (Å²) in [5.74, 6) is -0.570. The van der Waals surface area contributed by atoms with Crippen LogP contribution in [0.4, 0.5) is 0 Å². The minimum absolute atomic E-state index is 0.00558. The van der Waals surface area contributed by atoms with Gasteiger partial charge in [-0.05, 0) is 32.8 Å².